The molecular formula is C27H38IN9O7S3. The molecule has 1 aliphatic carbocycles. The first-order valence-corrected chi connectivity index (χ1v) is 17.8. The van der Waals surface area contributed by atoms with E-state index in [2.05, 4.69) is 25.8 Å². The van der Waals surface area contributed by atoms with Crippen LogP contribution >= 0.6 is 58.8 Å². The van der Waals surface area contributed by atoms with Gasteiger partial charge >= 0.3 is 12.1 Å². The van der Waals surface area contributed by atoms with Crippen molar-refractivity contribution in [3.63, 3.8) is 0 Å². The molecule has 20 heteroatoms. The van der Waals surface area contributed by atoms with E-state index in [-0.39, 0.29) is 53.9 Å². The minimum atomic E-state index is -1.27. The number of nitrogens with zero attached hydrogens (tertiary/aromatic N) is 7. The molecule has 1 saturated heterocycles. The lowest BCUT2D eigenvalue weighted by atomic mass is 9.98. The number of hydrogen-bond acceptors (Lipinski definition) is 16. The van der Waals surface area contributed by atoms with Crippen molar-refractivity contribution in [1.82, 2.24) is 40.3 Å². The second-order valence-electron chi connectivity index (χ2n) is 11.3. The predicted octanol–water partition coefficient (Wildman–Crippen LogP) is 2.26. The van der Waals surface area contributed by atoms with Gasteiger partial charge in [0.05, 0.1) is 18.7 Å². The molecule has 0 spiro atoms. The van der Waals surface area contributed by atoms with Crippen molar-refractivity contribution in [2.75, 3.05) is 37.9 Å². The zero-order chi connectivity index (χ0) is 32.8. The van der Waals surface area contributed by atoms with E-state index in [1.54, 1.807) is 10.1 Å². The Kier molecular flexibility index (Phi) is 13.5. The van der Waals surface area contributed by atoms with Gasteiger partial charge in [0.1, 0.15) is 23.2 Å². The highest BCUT2D eigenvalue weighted by molar-refractivity contribution is 14.0. The Morgan fingerprint density at radius 2 is 1.98 bits per heavy atom. The number of thioether (sulfide) groups is 2. The van der Waals surface area contributed by atoms with Crippen LogP contribution in [0.15, 0.2) is 21.8 Å². The van der Waals surface area contributed by atoms with Crippen molar-refractivity contribution in [2.45, 2.75) is 81.0 Å². The summed E-state index contributed by atoms with van der Waals surface area (Å²) in [5.41, 5.74) is 6.83. The summed E-state index contributed by atoms with van der Waals surface area (Å²) < 4.78 is 17.8. The van der Waals surface area contributed by atoms with Crippen LogP contribution in [-0.4, -0.2) is 115 Å². The summed E-state index contributed by atoms with van der Waals surface area (Å²) in [4.78, 5) is 59.6. The molecule has 1 saturated carbocycles. The van der Waals surface area contributed by atoms with Gasteiger partial charge in [0.25, 0.3) is 5.91 Å². The number of esters is 1. The molecule has 2 aliphatic heterocycles. The number of anilines is 1. The van der Waals surface area contributed by atoms with Crippen LogP contribution in [-0.2, 0) is 41.6 Å². The van der Waals surface area contributed by atoms with Gasteiger partial charge in [-0.25, -0.2) is 19.3 Å². The van der Waals surface area contributed by atoms with Gasteiger partial charge in [-0.2, -0.15) is 0 Å². The van der Waals surface area contributed by atoms with Crippen LogP contribution in [0.25, 0.3) is 0 Å². The standard InChI is InChI=1S/C27H37N9O7S3.HI/c1-15(42-27(40)43-18-7-5-4-6-8-18)41-24(39)21-16(13-46-26-31-32-33-35(26)10-9-34(2)3)12-44-23-20(22(38)36(21)23)30-19(37)11-17-14-45-25(28)29-17;/h14-15,18,20,23H,4-13H2,1-3H3,(H2,28,29)(H,30,37);1H/t15?,20-,23-;/m1./s1. The monoisotopic (exact) mass is 823 g/mol. The van der Waals surface area contributed by atoms with E-state index in [1.165, 1.54) is 46.7 Å². The van der Waals surface area contributed by atoms with Crippen molar-refractivity contribution >= 4 is 87.9 Å². The van der Waals surface area contributed by atoms with Gasteiger partial charge in [-0.1, -0.05) is 18.2 Å². The smallest absolute Gasteiger partial charge is 0.431 e. The SMILES string of the molecule is CC(OC(=O)OC1CCCCC1)OC(=O)C1=C(CSc2nnnn2CCN(C)C)CS[C@@H]2[C@H](NC(=O)Cc3csc(N)n3)C(=O)N12.I. The van der Waals surface area contributed by atoms with E-state index in [0.29, 0.717) is 33.9 Å². The molecule has 3 aliphatic rings. The van der Waals surface area contributed by atoms with E-state index in [1.807, 2.05) is 19.0 Å². The third-order valence-corrected chi connectivity index (χ3v) is 10.6. The second-order valence-corrected chi connectivity index (χ2v) is 14.2. The molecule has 5 rings (SSSR count). The van der Waals surface area contributed by atoms with E-state index >= 15 is 0 Å². The van der Waals surface area contributed by atoms with Crippen LogP contribution < -0.4 is 11.1 Å². The number of β-lactam (4-membered cyclic amide) rings is 1. The molecular weight excluding hydrogens is 785 g/mol. The summed E-state index contributed by atoms with van der Waals surface area (Å²) in [6, 6.07) is -0.844. The number of rotatable bonds is 13. The zero-order valence-electron chi connectivity index (χ0n) is 26.2. The second kappa shape index (κ2) is 17.1. The summed E-state index contributed by atoms with van der Waals surface area (Å²) in [6.45, 7) is 2.70. The average molecular weight is 824 g/mol. The summed E-state index contributed by atoms with van der Waals surface area (Å²) in [7, 11) is 3.90. The predicted molar refractivity (Wildman–Crippen MR) is 185 cm³/mol. The number of nitrogens with one attached hydrogen (secondary N) is 1. The number of carbonyl (C=O) groups excluding carboxylic acids is 4. The van der Waals surface area contributed by atoms with Crippen LogP contribution in [0.4, 0.5) is 9.93 Å². The molecule has 1 unspecified atom stereocenters. The fraction of sp³-hybridized carbons (Fsp3) is 0.630. The first kappa shape index (κ1) is 37.1. The third kappa shape index (κ3) is 9.70. The number of tetrazole rings is 1. The highest BCUT2D eigenvalue weighted by Gasteiger charge is 2.54. The quantitative estimate of drug-likeness (QED) is 0.0981. The molecule has 2 aromatic heterocycles. The number of carbonyl (C=O) groups is 4. The third-order valence-electron chi connectivity index (χ3n) is 7.45. The number of likely N-dealkylation sites (N-methyl/N-ethyl adjacent to an activating group) is 1. The molecule has 2 aromatic rings. The zero-order valence-corrected chi connectivity index (χ0v) is 30.9. The highest BCUT2D eigenvalue weighted by Crippen LogP contribution is 2.42. The molecule has 258 valence electrons. The average Bonchev–Trinajstić information content (AvgIpc) is 3.65. The highest BCUT2D eigenvalue weighted by atomic mass is 127. The minimum absolute atomic E-state index is 0. The van der Waals surface area contributed by atoms with Gasteiger partial charge < -0.3 is 30.2 Å². The van der Waals surface area contributed by atoms with Gasteiger partial charge in [-0.15, -0.1) is 52.2 Å². The molecule has 3 atom stereocenters. The summed E-state index contributed by atoms with van der Waals surface area (Å²) in [6.07, 6.45) is 2.14. The molecule has 0 radical (unpaired) electrons. The summed E-state index contributed by atoms with van der Waals surface area (Å²) >= 11 is 3.97. The number of fused-ring (bicyclic) bond motifs is 1. The molecule has 3 N–H and O–H groups in total. The number of thiazole rings is 1. The van der Waals surface area contributed by atoms with Crippen LogP contribution in [0.3, 0.4) is 0 Å². The molecule has 4 heterocycles. The van der Waals surface area contributed by atoms with Crippen LogP contribution in [0.5, 0.6) is 0 Å². The van der Waals surface area contributed by atoms with Crippen LogP contribution in [0.1, 0.15) is 44.7 Å². The molecule has 16 nitrogen and oxygen atoms in total. The number of halogens is 1. The van der Waals surface area contributed by atoms with Gasteiger partial charge in [0, 0.05) is 30.4 Å². The minimum Gasteiger partial charge on any atom is -0.431 e. The topological polar surface area (TPSA) is 197 Å². The Hall–Kier alpha value is -2.69. The Labute approximate surface area is 301 Å². The molecule has 2 amide bonds. The Morgan fingerprint density at radius 1 is 1.21 bits per heavy atom. The Balaban J connectivity index is 0.00000500. The molecule has 0 aromatic carbocycles. The van der Waals surface area contributed by atoms with Crippen molar-refractivity contribution < 1.29 is 33.4 Å². The van der Waals surface area contributed by atoms with Crippen molar-refractivity contribution in [3.8, 4) is 0 Å². The lowest BCUT2D eigenvalue weighted by Gasteiger charge is -2.49. The maximum atomic E-state index is 13.6. The number of hydrogen-bond donors (Lipinski definition) is 2. The van der Waals surface area contributed by atoms with Gasteiger partial charge in [-0.3, -0.25) is 14.5 Å². The van der Waals surface area contributed by atoms with E-state index in [0.717, 1.165) is 38.6 Å². The summed E-state index contributed by atoms with van der Waals surface area (Å²) in [5.74, 6) is -1.01. The normalized spacial score (nSPS) is 20.2. The first-order valence-electron chi connectivity index (χ1n) is 14.9. The number of nitrogen functional groups attached to an aromatic ring is 1. The lowest BCUT2D eigenvalue weighted by Crippen LogP contribution is -2.70. The van der Waals surface area contributed by atoms with Crippen molar-refractivity contribution in [1.29, 1.82) is 0 Å². The van der Waals surface area contributed by atoms with E-state index in [4.69, 9.17) is 19.9 Å². The van der Waals surface area contributed by atoms with Gasteiger partial charge in [0.15, 0.2) is 5.13 Å². The largest absolute Gasteiger partial charge is 0.511 e. The lowest BCUT2D eigenvalue weighted by molar-refractivity contribution is -0.170. The van der Waals surface area contributed by atoms with E-state index < -0.39 is 35.7 Å². The fourth-order valence-corrected chi connectivity index (χ4v) is 8.13. The van der Waals surface area contributed by atoms with Crippen molar-refractivity contribution in [3.05, 3.63) is 22.3 Å². The Morgan fingerprint density at radius 3 is 2.68 bits per heavy atom. The molecule has 47 heavy (non-hydrogen) atoms. The molecule has 0 bridgehead atoms. The summed E-state index contributed by atoms with van der Waals surface area (Å²) in [5, 5.41) is 16.8. The number of amides is 2. The first-order chi connectivity index (χ1) is 22.1. The van der Waals surface area contributed by atoms with Crippen LogP contribution in [0, 0.1) is 0 Å². The van der Waals surface area contributed by atoms with Crippen molar-refractivity contribution in [2.24, 2.45) is 0 Å². The fourth-order valence-electron chi connectivity index (χ4n) is 5.18. The van der Waals surface area contributed by atoms with Gasteiger partial charge in [-0.05, 0) is 55.8 Å². The molecule has 2 fully saturated rings. The maximum absolute atomic E-state index is 13.6. The number of aromatic nitrogens is 5. The van der Waals surface area contributed by atoms with Crippen LogP contribution in [0.2, 0.25) is 0 Å². The Bertz CT molecular complexity index is 1470. The maximum Gasteiger partial charge on any atom is 0.511 e. The van der Waals surface area contributed by atoms with Gasteiger partial charge in [0.2, 0.25) is 17.4 Å². The van der Waals surface area contributed by atoms with E-state index in [9.17, 15) is 19.2 Å². The number of nitrogens with two attached hydrogens (primary N) is 1. The number of ether oxygens (including phenoxy) is 3.